The van der Waals surface area contributed by atoms with Gasteiger partial charge in [-0.1, -0.05) is 18.2 Å². The lowest BCUT2D eigenvalue weighted by molar-refractivity contribution is -0.175. The van der Waals surface area contributed by atoms with Crippen LogP contribution in [-0.2, 0) is 6.54 Å². The number of allylic oxidation sites excluding steroid dienone is 2. The van der Waals surface area contributed by atoms with Crippen molar-refractivity contribution in [2.75, 3.05) is 0 Å². The second-order valence-electron chi connectivity index (χ2n) is 7.14. The first-order chi connectivity index (χ1) is 13.8. The zero-order valence-corrected chi connectivity index (χ0v) is 15.2. The molecular weight excluding hydrogens is 388 g/mol. The van der Waals surface area contributed by atoms with Crippen molar-refractivity contribution in [1.29, 1.82) is 0 Å². The number of fused-ring (bicyclic) bond motifs is 1. The maximum absolute atomic E-state index is 14.3. The van der Waals surface area contributed by atoms with Gasteiger partial charge in [0, 0.05) is 5.56 Å². The third-order valence-corrected chi connectivity index (χ3v) is 5.33. The third kappa shape index (κ3) is 3.54. The predicted octanol–water partition coefficient (Wildman–Crippen LogP) is 4.76. The molecule has 8 heteroatoms. The van der Waals surface area contributed by atoms with E-state index in [-0.39, 0.29) is 37.1 Å². The van der Waals surface area contributed by atoms with Gasteiger partial charge in [0.15, 0.2) is 0 Å². The van der Waals surface area contributed by atoms with E-state index in [0.29, 0.717) is 16.7 Å². The van der Waals surface area contributed by atoms with Gasteiger partial charge in [0.25, 0.3) is 11.8 Å². The van der Waals surface area contributed by atoms with Crippen LogP contribution in [0.15, 0.2) is 42.6 Å². The van der Waals surface area contributed by atoms with Crippen molar-refractivity contribution in [1.82, 2.24) is 9.88 Å². The number of rotatable bonds is 3. The molecule has 4 nitrogen and oxygen atoms in total. The molecule has 1 aliphatic heterocycles. The molecule has 1 aromatic heterocycles. The normalized spacial score (nSPS) is 19.4. The summed E-state index contributed by atoms with van der Waals surface area (Å²) in [5.74, 6) is -2.98. The van der Waals surface area contributed by atoms with Gasteiger partial charge in [-0.05, 0) is 43.0 Å². The number of imide groups is 1. The lowest BCUT2D eigenvalue weighted by atomic mass is 9.86. The quantitative estimate of drug-likeness (QED) is 0.547. The highest BCUT2D eigenvalue weighted by Crippen LogP contribution is 2.40. The number of hydrogen-bond donors (Lipinski definition) is 0. The minimum absolute atomic E-state index is 0.0948. The second kappa shape index (κ2) is 7.09. The summed E-state index contributed by atoms with van der Waals surface area (Å²) in [4.78, 5) is 29.9. The predicted molar refractivity (Wildman–Crippen MR) is 96.2 cm³/mol. The molecule has 0 N–H and O–H groups in total. The van der Waals surface area contributed by atoms with Gasteiger partial charge in [0.05, 0.1) is 35.5 Å². The van der Waals surface area contributed by atoms with Crippen LogP contribution >= 0.6 is 0 Å². The van der Waals surface area contributed by atoms with Gasteiger partial charge in [-0.25, -0.2) is 4.39 Å². The number of amides is 2. The molecule has 0 radical (unpaired) electrons. The summed E-state index contributed by atoms with van der Waals surface area (Å²) in [7, 11) is 0. The number of halogens is 4. The molecule has 0 fully saturated rings. The minimum Gasteiger partial charge on any atom is -0.269 e. The van der Waals surface area contributed by atoms with Gasteiger partial charge in [-0.15, -0.1) is 0 Å². The van der Waals surface area contributed by atoms with Crippen LogP contribution in [0.25, 0.3) is 5.57 Å². The average Bonchev–Trinajstić information content (AvgIpc) is 2.94. The number of carbonyl (C=O) groups is 2. The maximum atomic E-state index is 14.3. The zero-order chi connectivity index (χ0) is 20.8. The van der Waals surface area contributed by atoms with E-state index in [4.69, 9.17) is 0 Å². The second-order valence-corrected chi connectivity index (χ2v) is 7.14. The number of benzene rings is 1. The Kier molecular flexibility index (Phi) is 4.72. The van der Waals surface area contributed by atoms with Crippen LogP contribution in [0.1, 0.15) is 51.2 Å². The molecule has 4 rings (SSSR count). The highest BCUT2D eigenvalue weighted by Gasteiger charge is 2.40. The summed E-state index contributed by atoms with van der Waals surface area (Å²) in [5, 5.41) is 0. The van der Waals surface area contributed by atoms with Crippen LogP contribution in [0, 0.1) is 11.7 Å². The van der Waals surface area contributed by atoms with Gasteiger partial charge in [-0.3, -0.25) is 19.5 Å². The summed E-state index contributed by atoms with van der Waals surface area (Å²) >= 11 is 0. The molecule has 2 aliphatic rings. The van der Waals surface area contributed by atoms with Crippen LogP contribution in [0.2, 0.25) is 0 Å². The lowest BCUT2D eigenvalue weighted by Crippen LogP contribution is -2.29. The maximum Gasteiger partial charge on any atom is 0.392 e. The van der Waals surface area contributed by atoms with Crippen molar-refractivity contribution in [3.05, 3.63) is 70.8 Å². The van der Waals surface area contributed by atoms with Gasteiger partial charge >= 0.3 is 6.18 Å². The molecule has 1 aromatic carbocycles. The Hall–Kier alpha value is -3.03. The van der Waals surface area contributed by atoms with Crippen LogP contribution in [0.4, 0.5) is 17.6 Å². The molecule has 2 amide bonds. The number of nitrogens with zero attached hydrogens (tertiary/aromatic N) is 2. The van der Waals surface area contributed by atoms with E-state index >= 15 is 0 Å². The number of hydrogen-bond acceptors (Lipinski definition) is 3. The summed E-state index contributed by atoms with van der Waals surface area (Å²) in [6.07, 6.45) is -2.10. The molecule has 150 valence electrons. The van der Waals surface area contributed by atoms with Gasteiger partial charge in [0.1, 0.15) is 5.82 Å². The standard InChI is InChI=1S/C21H16F4N2O2/c22-18-10-26-14(9-17(18)12-5-7-13(8-6-12)21(23,24)25)11-27-19(28)15-3-1-2-4-16(15)20(27)29/h1-5,9-10,13H,6-8,11H2. The van der Waals surface area contributed by atoms with E-state index in [1.54, 1.807) is 24.3 Å². The van der Waals surface area contributed by atoms with Crippen molar-refractivity contribution < 1.29 is 27.2 Å². The van der Waals surface area contributed by atoms with E-state index in [1.807, 2.05) is 0 Å². The van der Waals surface area contributed by atoms with Crippen LogP contribution in [0.3, 0.4) is 0 Å². The highest BCUT2D eigenvalue weighted by atomic mass is 19.4. The number of carbonyl (C=O) groups excluding carboxylic acids is 2. The summed E-state index contributed by atoms with van der Waals surface area (Å²) in [6.45, 7) is -0.141. The third-order valence-electron chi connectivity index (χ3n) is 5.33. The Morgan fingerprint density at radius 2 is 1.72 bits per heavy atom. The average molecular weight is 404 g/mol. The Labute approximate surface area is 163 Å². The molecule has 1 atom stereocenters. The van der Waals surface area contributed by atoms with Crippen molar-refractivity contribution >= 4 is 17.4 Å². The van der Waals surface area contributed by atoms with Crippen molar-refractivity contribution in [3.8, 4) is 0 Å². The molecule has 0 bridgehead atoms. The first-order valence-electron chi connectivity index (χ1n) is 9.11. The Balaban J connectivity index is 1.57. The van der Waals surface area contributed by atoms with Crippen LogP contribution in [0.5, 0.6) is 0 Å². The van der Waals surface area contributed by atoms with Gasteiger partial charge < -0.3 is 0 Å². The van der Waals surface area contributed by atoms with Crippen molar-refractivity contribution in [2.24, 2.45) is 5.92 Å². The summed E-state index contributed by atoms with van der Waals surface area (Å²) in [5.41, 5.74) is 1.53. The zero-order valence-electron chi connectivity index (χ0n) is 15.2. The topological polar surface area (TPSA) is 50.3 Å². The number of alkyl halides is 3. The number of aromatic nitrogens is 1. The van der Waals surface area contributed by atoms with E-state index in [0.717, 1.165) is 11.1 Å². The van der Waals surface area contributed by atoms with E-state index < -0.39 is 29.7 Å². The van der Waals surface area contributed by atoms with Gasteiger partial charge in [-0.2, -0.15) is 13.2 Å². The smallest absolute Gasteiger partial charge is 0.269 e. The molecule has 1 aliphatic carbocycles. The molecular formula is C21H16F4N2O2. The number of pyridine rings is 1. The first kappa shape index (κ1) is 19.3. The molecule has 0 saturated carbocycles. The van der Waals surface area contributed by atoms with Crippen LogP contribution in [-0.4, -0.2) is 27.9 Å². The summed E-state index contributed by atoms with van der Waals surface area (Å²) in [6, 6.07) is 7.83. The van der Waals surface area contributed by atoms with E-state index in [1.165, 1.54) is 12.1 Å². The minimum atomic E-state index is -4.27. The molecule has 2 aromatic rings. The lowest BCUT2D eigenvalue weighted by Gasteiger charge is -2.24. The SMILES string of the molecule is O=C1c2ccccc2C(=O)N1Cc1cc(C2=CCC(C(F)(F)F)CC2)c(F)cn1. The van der Waals surface area contributed by atoms with E-state index in [2.05, 4.69) is 4.98 Å². The molecule has 1 unspecified atom stereocenters. The first-order valence-corrected chi connectivity index (χ1v) is 9.11. The highest BCUT2D eigenvalue weighted by molar-refractivity contribution is 6.21. The fourth-order valence-electron chi connectivity index (χ4n) is 3.74. The molecule has 0 spiro atoms. The van der Waals surface area contributed by atoms with Crippen molar-refractivity contribution in [2.45, 2.75) is 32.0 Å². The van der Waals surface area contributed by atoms with E-state index in [9.17, 15) is 27.2 Å². The fraction of sp³-hybridized carbons (Fsp3) is 0.286. The monoisotopic (exact) mass is 404 g/mol. The Bertz CT molecular complexity index is 995. The Morgan fingerprint density at radius 3 is 2.28 bits per heavy atom. The molecule has 0 saturated heterocycles. The van der Waals surface area contributed by atoms with Crippen molar-refractivity contribution in [3.63, 3.8) is 0 Å². The molecule has 29 heavy (non-hydrogen) atoms. The largest absolute Gasteiger partial charge is 0.392 e. The van der Waals surface area contributed by atoms with Gasteiger partial charge in [0.2, 0.25) is 0 Å². The molecule has 2 heterocycles. The fourth-order valence-corrected chi connectivity index (χ4v) is 3.74. The van der Waals surface area contributed by atoms with Crippen LogP contribution < -0.4 is 0 Å². The summed E-state index contributed by atoms with van der Waals surface area (Å²) < 4.78 is 52.8. The Morgan fingerprint density at radius 1 is 1.07 bits per heavy atom.